The smallest absolute Gasteiger partial charge is 0.123 e. The van der Waals surface area contributed by atoms with Crippen LogP contribution in [0.4, 0.5) is 0 Å². The van der Waals surface area contributed by atoms with Gasteiger partial charge in [0.05, 0.1) is 11.7 Å². The van der Waals surface area contributed by atoms with Crippen LogP contribution in [0.25, 0.3) is 0 Å². The summed E-state index contributed by atoms with van der Waals surface area (Å²) in [5, 5.41) is 11.7. The van der Waals surface area contributed by atoms with Gasteiger partial charge in [0.15, 0.2) is 0 Å². The number of fused-ring (bicyclic) bond motifs is 1. The first-order chi connectivity index (χ1) is 9.76. The molecule has 0 radical (unpaired) electrons. The Kier molecular flexibility index (Phi) is 3.69. The second-order valence-electron chi connectivity index (χ2n) is 5.22. The Hall–Kier alpha value is -1.88. The molecule has 1 aromatic heterocycles. The Bertz CT molecular complexity index is 556. The van der Waals surface area contributed by atoms with Crippen molar-refractivity contribution >= 4 is 0 Å². The van der Waals surface area contributed by atoms with E-state index in [4.69, 9.17) is 4.74 Å². The molecular formula is C15H20N4O. The monoisotopic (exact) mass is 272 g/mol. The number of aromatic nitrogens is 3. The minimum absolute atomic E-state index is 0.161. The molecule has 5 nitrogen and oxygen atoms in total. The van der Waals surface area contributed by atoms with Crippen molar-refractivity contribution in [3.8, 4) is 5.75 Å². The second kappa shape index (κ2) is 5.63. The molecule has 0 spiro atoms. The van der Waals surface area contributed by atoms with E-state index in [1.807, 2.05) is 25.4 Å². The zero-order valence-electron chi connectivity index (χ0n) is 11.9. The maximum absolute atomic E-state index is 6.08. The molecule has 2 unspecified atom stereocenters. The van der Waals surface area contributed by atoms with Gasteiger partial charge in [0.2, 0.25) is 0 Å². The number of para-hydroxylation sites is 1. The maximum atomic E-state index is 6.08. The summed E-state index contributed by atoms with van der Waals surface area (Å²) < 4.78 is 7.82. The molecule has 2 aromatic rings. The topological polar surface area (TPSA) is 52.0 Å². The van der Waals surface area contributed by atoms with Crippen molar-refractivity contribution in [1.29, 1.82) is 0 Å². The SMILES string of the molecule is CCNC(Cc1cn(C)nn1)C1Cc2ccccc2O1. The zero-order chi connectivity index (χ0) is 13.9. The lowest BCUT2D eigenvalue weighted by Gasteiger charge is -2.23. The lowest BCUT2D eigenvalue weighted by atomic mass is 10.0. The van der Waals surface area contributed by atoms with E-state index < -0.39 is 0 Å². The van der Waals surface area contributed by atoms with Crippen LogP contribution in [0.15, 0.2) is 30.5 Å². The third-order valence-electron chi connectivity index (χ3n) is 3.67. The summed E-state index contributed by atoms with van der Waals surface area (Å²) in [6.45, 7) is 3.03. The van der Waals surface area contributed by atoms with Crippen molar-refractivity contribution < 1.29 is 4.74 Å². The molecule has 0 bridgehead atoms. The van der Waals surface area contributed by atoms with Gasteiger partial charge in [-0.1, -0.05) is 30.3 Å². The number of rotatable bonds is 5. The molecule has 0 amide bonds. The van der Waals surface area contributed by atoms with Gasteiger partial charge in [-0.3, -0.25) is 4.68 Å². The van der Waals surface area contributed by atoms with E-state index in [1.165, 1.54) is 5.56 Å². The quantitative estimate of drug-likeness (QED) is 0.892. The molecule has 0 saturated carbocycles. The van der Waals surface area contributed by atoms with Gasteiger partial charge in [0.25, 0.3) is 0 Å². The summed E-state index contributed by atoms with van der Waals surface area (Å²) in [6.07, 6.45) is 3.91. The lowest BCUT2D eigenvalue weighted by molar-refractivity contribution is 0.177. The van der Waals surface area contributed by atoms with Gasteiger partial charge in [-0.05, 0) is 18.2 Å². The van der Waals surface area contributed by atoms with Crippen molar-refractivity contribution in [2.45, 2.75) is 31.9 Å². The lowest BCUT2D eigenvalue weighted by Crippen LogP contribution is -2.44. The fraction of sp³-hybridized carbons (Fsp3) is 0.467. The highest BCUT2D eigenvalue weighted by Gasteiger charge is 2.30. The van der Waals surface area contributed by atoms with Crippen molar-refractivity contribution in [3.63, 3.8) is 0 Å². The van der Waals surface area contributed by atoms with E-state index in [1.54, 1.807) is 4.68 Å². The Labute approximate surface area is 118 Å². The molecule has 20 heavy (non-hydrogen) atoms. The number of nitrogens with zero attached hydrogens (tertiary/aromatic N) is 3. The molecule has 2 atom stereocenters. The molecule has 1 aliphatic heterocycles. The highest BCUT2D eigenvalue weighted by molar-refractivity contribution is 5.37. The molecule has 1 aromatic carbocycles. The first kappa shape index (κ1) is 13.1. The van der Waals surface area contributed by atoms with Crippen molar-refractivity contribution in [2.24, 2.45) is 7.05 Å². The van der Waals surface area contributed by atoms with Gasteiger partial charge in [-0.2, -0.15) is 0 Å². The van der Waals surface area contributed by atoms with E-state index >= 15 is 0 Å². The Morgan fingerprint density at radius 2 is 2.30 bits per heavy atom. The van der Waals surface area contributed by atoms with Crippen LogP contribution in [0.5, 0.6) is 5.75 Å². The third-order valence-corrected chi connectivity index (χ3v) is 3.67. The Balaban J connectivity index is 1.72. The van der Waals surface area contributed by atoms with Gasteiger partial charge in [0, 0.05) is 26.1 Å². The van der Waals surface area contributed by atoms with Crippen molar-refractivity contribution in [3.05, 3.63) is 41.7 Å². The van der Waals surface area contributed by atoms with Crippen LogP contribution in [0.3, 0.4) is 0 Å². The van der Waals surface area contributed by atoms with Crippen LogP contribution in [0.1, 0.15) is 18.2 Å². The number of ether oxygens (including phenoxy) is 1. The molecular weight excluding hydrogens is 252 g/mol. The maximum Gasteiger partial charge on any atom is 0.123 e. The van der Waals surface area contributed by atoms with Gasteiger partial charge < -0.3 is 10.1 Å². The highest BCUT2D eigenvalue weighted by atomic mass is 16.5. The second-order valence-corrected chi connectivity index (χ2v) is 5.22. The van der Waals surface area contributed by atoms with Gasteiger partial charge in [0.1, 0.15) is 11.9 Å². The van der Waals surface area contributed by atoms with E-state index in [9.17, 15) is 0 Å². The average Bonchev–Trinajstić information content (AvgIpc) is 3.04. The van der Waals surface area contributed by atoms with Crippen LogP contribution in [-0.4, -0.2) is 33.7 Å². The molecule has 1 aliphatic rings. The summed E-state index contributed by atoms with van der Waals surface area (Å²) in [5.74, 6) is 1.01. The first-order valence-electron chi connectivity index (χ1n) is 7.09. The number of hydrogen-bond acceptors (Lipinski definition) is 4. The van der Waals surface area contributed by atoms with Crippen LogP contribution < -0.4 is 10.1 Å². The molecule has 0 saturated heterocycles. The van der Waals surface area contributed by atoms with Crippen LogP contribution in [-0.2, 0) is 19.9 Å². The highest BCUT2D eigenvalue weighted by Crippen LogP contribution is 2.30. The summed E-state index contributed by atoms with van der Waals surface area (Å²) in [5.41, 5.74) is 2.29. The molecule has 1 N–H and O–H groups in total. The van der Waals surface area contributed by atoms with Crippen molar-refractivity contribution in [1.82, 2.24) is 20.3 Å². The standard InChI is InChI=1S/C15H20N4O/c1-3-16-13(9-12-10-19(2)18-17-12)15-8-11-6-4-5-7-14(11)20-15/h4-7,10,13,15-16H,3,8-9H2,1-2H3. The fourth-order valence-corrected chi connectivity index (χ4v) is 2.74. The first-order valence-corrected chi connectivity index (χ1v) is 7.09. The molecule has 0 fully saturated rings. The normalized spacial score (nSPS) is 18.6. The van der Waals surface area contributed by atoms with Gasteiger partial charge in [-0.25, -0.2) is 0 Å². The predicted molar refractivity (Wildman–Crippen MR) is 76.7 cm³/mol. The third kappa shape index (κ3) is 2.67. The van der Waals surface area contributed by atoms with E-state index in [2.05, 4.69) is 34.7 Å². The fourth-order valence-electron chi connectivity index (χ4n) is 2.74. The van der Waals surface area contributed by atoms with Gasteiger partial charge >= 0.3 is 0 Å². The van der Waals surface area contributed by atoms with E-state index in [0.717, 1.165) is 30.8 Å². The number of nitrogens with one attached hydrogen (secondary N) is 1. The van der Waals surface area contributed by atoms with Crippen LogP contribution in [0.2, 0.25) is 0 Å². The zero-order valence-corrected chi connectivity index (χ0v) is 11.9. The summed E-state index contributed by atoms with van der Waals surface area (Å²) in [7, 11) is 1.89. The van der Waals surface area contributed by atoms with Gasteiger partial charge in [-0.15, -0.1) is 5.10 Å². The number of hydrogen-bond donors (Lipinski definition) is 1. The largest absolute Gasteiger partial charge is 0.488 e. The summed E-state index contributed by atoms with van der Waals surface area (Å²) >= 11 is 0. The number of likely N-dealkylation sites (N-methyl/N-ethyl adjacent to an activating group) is 1. The van der Waals surface area contributed by atoms with Crippen LogP contribution in [0, 0.1) is 0 Å². The molecule has 106 valence electrons. The molecule has 0 aliphatic carbocycles. The molecule has 2 heterocycles. The summed E-state index contributed by atoms with van der Waals surface area (Å²) in [6, 6.07) is 8.52. The minimum atomic E-state index is 0.161. The Morgan fingerprint density at radius 1 is 1.45 bits per heavy atom. The minimum Gasteiger partial charge on any atom is -0.488 e. The van der Waals surface area contributed by atoms with E-state index in [-0.39, 0.29) is 12.1 Å². The summed E-state index contributed by atoms with van der Waals surface area (Å²) in [4.78, 5) is 0. The predicted octanol–water partition coefficient (Wildman–Crippen LogP) is 1.34. The number of aryl methyl sites for hydroxylation is 1. The number of benzene rings is 1. The average molecular weight is 272 g/mol. The Morgan fingerprint density at radius 3 is 3.00 bits per heavy atom. The molecule has 5 heteroatoms. The van der Waals surface area contributed by atoms with E-state index in [0.29, 0.717) is 0 Å². The van der Waals surface area contributed by atoms with Crippen molar-refractivity contribution in [2.75, 3.05) is 6.54 Å². The molecule has 3 rings (SSSR count). The van der Waals surface area contributed by atoms with Crippen LogP contribution >= 0.6 is 0 Å².